The van der Waals surface area contributed by atoms with E-state index >= 15 is 0 Å². The average Bonchev–Trinajstić information content (AvgIpc) is 3.64. The lowest BCUT2D eigenvalue weighted by atomic mass is 10.1. The molecule has 2 aliphatic heterocycles. The van der Waals surface area contributed by atoms with Gasteiger partial charge >= 0.3 is 0 Å². The average molecular weight is 489 g/mol. The summed E-state index contributed by atoms with van der Waals surface area (Å²) in [6.07, 6.45) is 10.1. The summed E-state index contributed by atoms with van der Waals surface area (Å²) in [6, 6.07) is 13.7. The molecule has 7 rings (SSSR count). The zero-order valence-electron chi connectivity index (χ0n) is 20.8. The van der Waals surface area contributed by atoms with Crippen molar-refractivity contribution in [3.05, 3.63) is 83.6 Å². The third-order valence-corrected chi connectivity index (χ3v) is 6.68. The number of benzene rings is 1. The molecule has 0 spiro atoms. The van der Waals surface area contributed by atoms with Crippen LogP contribution < -0.4 is 5.49 Å². The molecule has 1 saturated carbocycles. The van der Waals surface area contributed by atoms with Gasteiger partial charge in [0, 0.05) is 25.1 Å². The van der Waals surface area contributed by atoms with E-state index in [1.807, 2.05) is 60.9 Å². The number of imidazole rings is 1. The standard InChI is InChI=1S/C22H24N6O2.C5H8O/c1-22(2,30-13-15-9-11-24-12-10-15)21-26-17-18(23)25-14-28(19(17)27-21)20(29-3)16-7-5-4-6-8-16;1-2-5-3-4(1)6-5/h4-12,14,20,23H,13H2,1-3H3,(H,26,27);4-5H,1-3H2. The summed E-state index contributed by atoms with van der Waals surface area (Å²) in [5.41, 5.74) is 2.52. The van der Waals surface area contributed by atoms with Gasteiger partial charge in [0.05, 0.1) is 18.8 Å². The number of pyridine rings is 1. The Bertz CT molecular complexity index is 1330. The van der Waals surface area contributed by atoms with Gasteiger partial charge in [0.25, 0.3) is 0 Å². The molecule has 3 atom stereocenters. The lowest BCUT2D eigenvalue weighted by molar-refractivity contribution is -0.0647. The molecule has 0 radical (unpaired) electrons. The van der Waals surface area contributed by atoms with Crippen LogP contribution in [0.5, 0.6) is 0 Å². The van der Waals surface area contributed by atoms with Crippen LogP contribution in [-0.4, -0.2) is 43.8 Å². The Morgan fingerprint density at radius 1 is 1.14 bits per heavy atom. The Morgan fingerprint density at radius 3 is 2.44 bits per heavy atom. The molecular formula is C27H32N6O3. The Balaban J connectivity index is 0.000000382. The highest BCUT2D eigenvalue weighted by Gasteiger charge is 2.36. The summed E-state index contributed by atoms with van der Waals surface area (Å²) in [4.78, 5) is 16.3. The van der Waals surface area contributed by atoms with E-state index in [1.54, 1.807) is 25.8 Å². The summed E-state index contributed by atoms with van der Waals surface area (Å²) < 4.78 is 19.0. The number of H-pyrrole nitrogens is 1. The third-order valence-electron chi connectivity index (χ3n) is 6.68. The van der Waals surface area contributed by atoms with Crippen molar-refractivity contribution in [3.8, 4) is 0 Å². The Labute approximate surface area is 210 Å². The number of methoxy groups -OCH3 is 1. The number of aromatic nitrogens is 5. The molecule has 188 valence electrons. The molecule has 36 heavy (non-hydrogen) atoms. The lowest BCUT2D eigenvalue weighted by Gasteiger charge is -2.23. The number of ether oxygens (including phenoxy) is 3. The monoisotopic (exact) mass is 488 g/mol. The second kappa shape index (κ2) is 10.3. The van der Waals surface area contributed by atoms with E-state index in [0.717, 1.165) is 11.1 Å². The first-order valence-corrected chi connectivity index (χ1v) is 12.2. The maximum Gasteiger partial charge on any atom is 0.173 e. The molecule has 1 aliphatic carbocycles. The van der Waals surface area contributed by atoms with Gasteiger partial charge in [-0.2, -0.15) is 0 Å². The summed E-state index contributed by atoms with van der Waals surface area (Å²) in [5.74, 6) is 0.615. The first kappa shape index (κ1) is 24.3. The molecule has 3 aromatic heterocycles. The molecule has 4 aromatic rings. The highest BCUT2D eigenvalue weighted by atomic mass is 16.5. The zero-order valence-corrected chi connectivity index (χ0v) is 20.8. The minimum absolute atomic E-state index is 0.118. The Kier molecular flexibility index (Phi) is 6.95. The molecule has 3 unspecified atom stereocenters. The van der Waals surface area contributed by atoms with E-state index in [1.165, 1.54) is 19.3 Å². The van der Waals surface area contributed by atoms with Crippen LogP contribution in [0, 0.1) is 5.41 Å². The summed E-state index contributed by atoms with van der Waals surface area (Å²) in [6.45, 7) is 4.31. The van der Waals surface area contributed by atoms with E-state index in [-0.39, 0.29) is 5.49 Å². The fraction of sp³-hybridized carbons (Fsp3) is 0.407. The minimum atomic E-state index is -0.706. The minimum Gasteiger partial charge on any atom is -0.375 e. The Morgan fingerprint density at radius 2 is 1.83 bits per heavy atom. The van der Waals surface area contributed by atoms with Crippen molar-refractivity contribution in [1.29, 1.82) is 5.41 Å². The van der Waals surface area contributed by atoms with Gasteiger partial charge in [0.2, 0.25) is 0 Å². The van der Waals surface area contributed by atoms with Crippen LogP contribution >= 0.6 is 0 Å². The fourth-order valence-electron chi connectivity index (χ4n) is 4.55. The number of hydrogen-bond donors (Lipinski definition) is 2. The number of fused-ring (bicyclic) bond motifs is 2. The van der Waals surface area contributed by atoms with Gasteiger partial charge in [-0.25, -0.2) is 9.97 Å². The number of aromatic amines is 1. The van der Waals surface area contributed by atoms with E-state index in [9.17, 15) is 0 Å². The molecule has 5 heterocycles. The van der Waals surface area contributed by atoms with Gasteiger partial charge in [-0.3, -0.25) is 15.0 Å². The number of nitrogens with one attached hydrogen (secondary N) is 2. The highest BCUT2D eigenvalue weighted by Crippen LogP contribution is 2.36. The normalized spacial score (nSPS) is 19.4. The second-order valence-corrected chi connectivity index (χ2v) is 9.63. The Hall–Kier alpha value is -3.40. The van der Waals surface area contributed by atoms with Crippen molar-refractivity contribution in [2.45, 2.75) is 63.8 Å². The van der Waals surface area contributed by atoms with Crippen LogP contribution in [-0.2, 0) is 26.4 Å². The first-order valence-electron chi connectivity index (χ1n) is 12.2. The summed E-state index contributed by atoms with van der Waals surface area (Å²) in [7, 11) is 1.64. The molecular weight excluding hydrogens is 456 g/mol. The number of hydrogen-bond acceptors (Lipinski definition) is 7. The maximum atomic E-state index is 8.23. The maximum absolute atomic E-state index is 8.23. The van der Waals surface area contributed by atoms with E-state index in [2.05, 4.69) is 15.0 Å². The predicted molar refractivity (Wildman–Crippen MR) is 134 cm³/mol. The summed E-state index contributed by atoms with van der Waals surface area (Å²) in [5, 5.41) is 8.23. The van der Waals surface area contributed by atoms with Crippen molar-refractivity contribution in [1.82, 2.24) is 24.5 Å². The van der Waals surface area contributed by atoms with Crippen LogP contribution in [0.15, 0.2) is 61.2 Å². The quantitative estimate of drug-likeness (QED) is 0.403. The molecule has 0 amide bonds. The molecule has 9 nitrogen and oxygen atoms in total. The van der Waals surface area contributed by atoms with E-state index < -0.39 is 11.8 Å². The van der Waals surface area contributed by atoms with Gasteiger partial charge in [0.15, 0.2) is 17.4 Å². The van der Waals surface area contributed by atoms with E-state index in [4.69, 9.17) is 24.6 Å². The third kappa shape index (κ3) is 5.09. The molecule has 2 saturated heterocycles. The highest BCUT2D eigenvalue weighted by molar-refractivity contribution is 5.69. The van der Waals surface area contributed by atoms with Gasteiger partial charge in [-0.1, -0.05) is 30.3 Å². The second-order valence-electron chi connectivity index (χ2n) is 9.63. The van der Waals surface area contributed by atoms with Crippen molar-refractivity contribution < 1.29 is 14.2 Å². The molecule has 2 bridgehead atoms. The number of rotatable bonds is 7. The summed E-state index contributed by atoms with van der Waals surface area (Å²) >= 11 is 0. The van der Waals surface area contributed by atoms with Gasteiger partial charge in [-0.15, -0.1) is 0 Å². The molecule has 9 heteroatoms. The smallest absolute Gasteiger partial charge is 0.173 e. The molecule has 3 fully saturated rings. The first-order chi connectivity index (χ1) is 17.4. The molecule has 3 aliphatic rings. The zero-order chi connectivity index (χ0) is 25.1. The van der Waals surface area contributed by atoms with Crippen LogP contribution in [0.4, 0.5) is 0 Å². The van der Waals surface area contributed by atoms with E-state index in [0.29, 0.717) is 35.8 Å². The largest absolute Gasteiger partial charge is 0.375 e. The van der Waals surface area contributed by atoms with Crippen LogP contribution in [0.2, 0.25) is 0 Å². The van der Waals surface area contributed by atoms with Gasteiger partial charge < -0.3 is 19.2 Å². The molecule has 2 N–H and O–H groups in total. The fourth-order valence-corrected chi connectivity index (χ4v) is 4.55. The van der Waals surface area contributed by atoms with Crippen molar-refractivity contribution >= 4 is 11.2 Å². The van der Waals surface area contributed by atoms with Crippen LogP contribution in [0.25, 0.3) is 11.2 Å². The van der Waals surface area contributed by atoms with Gasteiger partial charge in [-0.05, 0) is 50.8 Å². The molecule has 1 aromatic carbocycles. The van der Waals surface area contributed by atoms with Gasteiger partial charge in [0.1, 0.15) is 23.3 Å². The lowest BCUT2D eigenvalue weighted by Crippen LogP contribution is -2.25. The SMILES string of the molecule is C1CC2CC1O2.COC(c1ccccc1)n1cnc(=N)c2[nH]c(C(C)(C)OCc3ccncc3)nc21. The van der Waals surface area contributed by atoms with Crippen molar-refractivity contribution in [3.63, 3.8) is 0 Å². The van der Waals surface area contributed by atoms with Crippen molar-refractivity contribution in [2.75, 3.05) is 7.11 Å². The number of nitrogens with zero attached hydrogens (tertiary/aromatic N) is 4. The van der Waals surface area contributed by atoms with Crippen LogP contribution in [0.3, 0.4) is 0 Å². The topological polar surface area (TPSA) is 111 Å². The van der Waals surface area contributed by atoms with Crippen molar-refractivity contribution in [2.24, 2.45) is 0 Å². The predicted octanol–water partition coefficient (Wildman–Crippen LogP) is 4.22. The van der Waals surface area contributed by atoms with Crippen LogP contribution in [0.1, 0.15) is 56.3 Å².